The number of aromatic nitrogens is 2. The molecule has 26 heavy (non-hydrogen) atoms. The molecule has 2 aliphatic carbocycles. The maximum Gasteiger partial charge on any atom is 0.134 e. The van der Waals surface area contributed by atoms with Crippen molar-refractivity contribution >= 4 is 5.82 Å². The number of aryl methyl sites for hydroxylation is 1. The highest BCUT2D eigenvalue weighted by Crippen LogP contribution is 2.41. The van der Waals surface area contributed by atoms with Gasteiger partial charge >= 0.3 is 0 Å². The van der Waals surface area contributed by atoms with Crippen LogP contribution < -0.4 is 15.8 Å². The Morgan fingerprint density at radius 1 is 1.12 bits per heavy atom. The van der Waals surface area contributed by atoms with Crippen molar-refractivity contribution < 1.29 is 4.74 Å². The lowest BCUT2D eigenvalue weighted by atomic mass is 9.78. The molecule has 5 nitrogen and oxygen atoms in total. The van der Waals surface area contributed by atoms with Crippen molar-refractivity contribution in [1.82, 2.24) is 9.97 Å². The zero-order valence-electron chi connectivity index (χ0n) is 15.1. The van der Waals surface area contributed by atoms with Gasteiger partial charge in [0, 0.05) is 36.2 Å². The molecule has 2 saturated carbocycles. The first-order chi connectivity index (χ1) is 12.7. The fourth-order valence-electron chi connectivity index (χ4n) is 3.93. The molecule has 5 heteroatoms. The van der Waals surface area contributed by atoms with Gasteiger partial charge in [0.2, 0.25) is 0 Å². The second-order valence-corrected chi connectivity index (χ2v) is 7.99. The van der Waals surface area contributed by atoms with Gasteiger partial charge in [-0.2, -0.15) is 0 Å². The summed E-state index contributed by atoms with van der Waals surface area (Å²) in [4.78, 5) is 9.62. The van der Waals surface area contributed by atoms with E-state index < -0.39 is 0 Å². The molecular formula is C21H26N4O. The van der Waals surface area contributed by atoms with E-state index in [1.807, 2.05) is 0 Å². The molecule has 2 heterocycles. The fourth-order valence-corrected chi connectivity index (χ4v) is 3.93. The summed E-state index contributed by atoms with van der Waals surface area (Å²) < 4.78 is 5.71. The molecule has 0 saturated heterocycles. The first-order valence-electron chi connectivity index (χ1n) is 9.87. The second kappa shape index (κ2) is 6.54. The fraction of sp³-hybridized carbons (Fsp3) is 0.524. The van der Waals surface area contributed by atoms with Crippen LogP contribution in [0.3, 0.4) is 0 Å². The number of nitrogens with one attached hydrogen (secondary N) is 1. The van der Waals surface area contributed by atoms with Crippen LogP contribution in [0.25, 0.3) is 0 Å². The predicted octanol–water partition coefficient (Wildman–Crippen LogP) is 3.50. The molecule has 2 fully saturated rings. The van der Waals surface area contributed by atoms with Gasteiger partial charge in [-0.1, -0.05) is 12.1 Å². The summed E-state index contributed by atoms with van der Waals surface area (Å²) in [6, 6.07) is 8.97. The van der Waals surface area contributed by atoms with E-state index in [0.717, 1.165) is 56.2 Å². The highest BCUT2D eigenvalue weighted by Gasteiger charge is 2.32. The Labute approximate surface area is 154 Å². The monoisotopic (exact) mass is 350 g/mol. The van der Waals surface area contributed by atoms with Crippen molar-refractivity contribution in [3.63, 3.8) is 0 Å². The summed E-state index contributed by atoms with van der Waals surface area (Å²) in [5.41, 5.74) is 9.74. The van der Waals surface area contributed by atoms with Gasteiger partial charge in [0.25, 0.3) is 0 Å². The van der Waals surface area contributed by atoms with E-state index in [2.05, 4.69) is 29.6 Å². The van der Waals surface area contributed by atoms with Gasteiger partial charge in [-0.15, -0.1) is 0 Å². The highest BCUT2D eigenvalue weighted by atomic mass is 16.5. The van der Waals surface area contributed by atoms with Crippen LogP contribution in [-0.4, -0.2) is 22.6 Å². The van der Waals surface area contributed by atoms with Crippen LogP contribution in [0.4, 0.5) is 5.82 Å². The lowest BCUT2D eigenvalue weighted by Gasteiger charge is -2.32. The van der Waals surface area contributed by atoms with Gasteiger partial charge in [-0.3, -0.25) is 0 Å². The maximum atomic E-state index is 5.98. The number of anilines is 1. The number of rotatable bonds is 5. The third kappa shape index (κ3) is 3.28. The Balaban J connectivity index is 1.33. The molecular weight excluding hydrogens is 324 g/mol. The van der Waals surface area contributed by atoms with Crippen molar-refractivity contribution in [1.29, 1.82) is 0 Å². The molecule has 0 unspecified atom stereocenters. The molecule has 136 valence electrons. The zero-order valence-corrected chi connectivity index (χ0v) is 15.1. The summed E-state index contributed by atoms with van der Waals surface area (Å²) >= 11 is 0. The standard InChI is InChI=1S/C21H26N4O/c22-17-9-16(10-17)18-11-20(25-21(24-18)14-4-5-14)23-12-13-3-6-19-15(8-13)2-1-7-26-19/h3,6,8,11,14,16-17H,1-2,4-5,7,9-10,12,22H2,(H,23,24,25). The van der Waals surface area contributed by atoms with E-state index in [4.69, 9.17) is 20.4 Å². The lowest BCUT2D eigenvalue weighted by Crippen LogP contribution is -2.35. The van der Waals surface area contributed by atoms with Crippen LogP contribution in [-0.2, 0) is 13.0 Å². The van der Waals surface area contributed by atoms with Gasteiger partial charge in [0.1, 0.15) is 17.4 Å². The Morgan fingerprint density at radius 3 is 2.81 bits per heavy atom. The van der Waals surface area contributed by atoms with Crippen LogP contribution >= 0.6 is 0 Å². The average molecular weight is 350 g/mol. The van der Waals surface area contributed by atoms with E-state index in [-0.39, 0.29) is 0 Å². The summed E-state index contributed by atoms with van der Waals surface area (Å²) in [6.07, 6.45) is 6.74. The SMILES string of the molecule is NC1CC(c2cc(NCc3ccc4c(c3)CCCO4)nc(C3CC3)n2)C1. The highest BCUT2D eigenvalue weighted by molar-refractivity contribution is 5.42. The van der Waals surface area contributed by atoms with Crippen LogP contribution in [0.1, 0.15) is 66.6 Å². The van der Waals surface area contributed by atoms with Gasteiger partial charge < -0.3 is 15.8 Å². The van der Waals surface area contributed by atoms with Crippen molar-refractivity contribution in [2.45, 2.75) is 62.9 Å². The Hall–Kier alpha value is -2.14. The molecule has 3 aliphatic rings. The summed E-state index contributed by atoms with van der Waals surface area (Å²) in [5, 5.41) is 3.52. The van der Waals surface area contributed by atoms with Crippen molar-refractivity contribution in [2.24, 2.45) is 5.73 Å². The number of hydrogen-bond acceptors (Lipinski definition) is 5. The first kappa shape index (κ1) is 16.1. The third-order valence-electron chi connectivity index (χ3n) is 5.75. The lowest BCUT2D eigenvalue weighted by molar-refractivity contribution is 0.288. The van der Waals surface area contributed by atoms with E-state index in [9.17, 15) is 0 Å². The zero-order chi connectivity index (χ0) is 17.5. The van der Waals surface area contributed by atoms with Gasteiger partial charge in [0.15, 0.2) is 0 Å². The molecule has 0 bridgehead atoms. The first-order valence-corrected chi connectivity index (χ1v) is 9.87. The topological polar surface area (TPSA) is 73.1 Å². The second-order valence-electron chi connectivity index (χ2n) is 7.99. The van der Waals surface area contributed by atoms with E-state index in [1.54, 1.807) is 0 Å². The summed E-state index contributed by atoms with van der Waals surface area (Å²) in [7, 11) is 0. The van der Waals surface area contributed by atoms with Gasteiger partial charge in [-0.05, 0) is 55.7 Å². The van der Waals surface area contributed by atoms with Crippen LogP contribution in [0.2, 0.25) is 0 Å². The molecule has 3 N–H and O–H groups in total. The number of nitrogens with zero attached hydrogens (tertiary/aromatic N) is 2. The van der Waals surface area contributed by atoms with Gasteiger partial charge in [0.05, 0.1) is 6.61 Å². The summed E-state index contributed by atoms with van der Waals surface area (Å²) in [6.45, 7) is 1.61. The minimum Gasteiger partial charge on any atom is -0.493 e. The van der Waals surface area contributed by atoms with Crippen molar-refractivity contribution in [2.75, 3.05) is 11.9 Å². The average Bonchev–Trinajstić information content (AvgIpc) is 3.49. The minimum atomic E-state index is 0.341. The molecule has 2 aromatic rings. The predicted molar refractivity (Wildman–Crippen MR) is 102 cm³/mol. The Morgan fingerprint density at radius 2 is 2.00 bits per heavy atom. The van der Waals surface area contributed by atoms with Crippen LogP contribution in [0, 0.1) is 0 Å². The van der Waals surface area contributed by atoms with Crippen LogP contribution in [0.5, 0.6) is 5.75 Å². The minimum absolute atomic E-state index is 0.341. The van der Waals surface area contributed by atoms with Crippen molar-refractivity contribution in [3.8, 4) is 5.75 Å². The molecule has 0 spiro atoms. The van der Waals surface area contributed by atoms with E-state index in [1.165, 1.54) is 29.7 Å². The molecule has 1 aliphatic heterocycles. The largest absolute Gasteiger partial charge is 0.493 e. The number of ether oxygens (including phenoxy) is 1. The molecule has 0 amide bonds. The summed E-state index contributed by atoms with van der Waals surface area (Å²) in [5.74, 6) is 4.08. The molecule has 0 atom stereocenters. The molecule has 1 aromatic heterocycles. The Bertz CT molecular complexity index is 812. The van der Waals surface area contributed by atoms with Crippen LogP contribution in [0.15, 0.2) is 24.3 Å². The third-order valence-corrected chi connectivity index (χ3v) is 5.75. The van der Waals surface area contributed by atoms with E-state index >= 15 is 0 Å². The Kier molecular flexibility index (Phi) is 4.04. The molecule has 1 aromatic carbocycles. The number of fused-ring (bicyclic) bond motifs is 1. The normalized spacial score (nSPS) is 24.3. The quantitative estimate of drug-likeness (QED) is 0.863. The maximum absolute atomic E-state index is 5.98. The number of hydrogen-bond donors (Lipinski definition) is 2. The number of benzene rings is 1. The smallest absolute Gasteiger partial charge is 0.134 e. The molecule has 0 radical (unpaired) electrons. The van der Waals surface area contributed by atoms with Crippen molar-refractivity contribution in [3.05, 3.63) is 46.9 Å². The van der Waals surface area contributed by atoms with Gasteiger partial charge in [-0.25, -0.2) is 9.97 Å². The van der Waals surface area contributed by atoms with E-state index in [0.29, 0.717) is 17.9 Å². The molecule has 5 rings (SSSR count). The number of nitrogens with two attached hydrogens (primary N) is 1.